The Morgan fingerprint density at radius 1 is 0.944 bits per heavy atom. The average molecular weight is 741 g/mol. The van der Waals surface area contributed by atoms with Gasteiger partial charge >= 0.3 is 0 Å². The molecule has 0 saturated carbocycles. The Hall–Kier alpha value is -4.69. The van der Waals surface area contributed by atoms with Gasteiger partial charge in [0.1, 0.15) is 19.0 Å². The number of benzene rings is 2. The molecule has 1 atom stereocenters. The van der Waals surface area contributed by atoms with Crippen molar-refractivity contribution in [3.8, 4) is 0 Å². The largest absolute Gasteiger partial charge is 0.382 e. The van der Waals surface area contributed by atoms with Gasteiger partial charge in [0, 0.05) is 50.7 Å². The maximum absolute atomic E-state index is 14.7. The molecule has 13 heteroatoms. The van der Waals surface area contributed by atoms with E-state index >= 15 is 0 Å². The van der Waals surface area contributed by atoms with Gasteiger partial charge in [-0.15, -0.1) is 0 Å². The summed E-state index contributed by atoms with van der Waals surface area (Å²) in [6.07, 6.45) is 4.31. The van der Waals surface area contributed by atoms with Gasteiger partial charge < -0.3 is 40.0 Å². The molecule has 1 aliphatic carbocycles. The number of likely N-dealkylation sites (tertiary alicyclic amines) is 1. The van der Waals surface area contributed by atoms with E-state index in [1.54, 1.807) is 23.1 Å². The zero-order valence-corrected chi connectivity index (χ0v) is 31.6. The van der Waals surface area contributed by atoms with Gasteiger partial charge in [0.25, 0.3) is 0 Å². The first-order chi connectivity index (χ1) is 26.2. The molecule has 1 fully saturated rings. The molecule has 0 bridgehead atoms. The first-order valence-corrected chi connectivity index (χ1v) is 18.8. The van der Waals surface area contributed by atoms with E-state index in [2.05, 4.69) is 20.9 Å². The Morgan fingerprint density at radius 2 is 1.69 bits per heavy atom. The molecular formula is C41H52N6O7. The Bertz CT molecular complexity index is 1830. The molecule has 13 nitrogen and oxygen atoms in total. The summed E-state index contributed by atoms with van der Waals surface area (Å²) in [6.45, 7) is 5.22. The van der Waals surface area contributed by atoms with Crippen molar-refractivity contribution in [3.63, 3.8) is 0 Å². The Labute approximate surface area is 317 Å². The van der Waals surface area contributed by atoms with Crippen molar-refractivity contribution in [2.75, 3.05) is 77.5 Å². The lowest BCUT2D eigenvalue weighted by molar-refractivity contribution is -0.151. The van der Waals surface area contributed by atoms with Crippen LogP contribution in [0.15, 0.2) is 60.8 Å². The van der Waals surface area contributed by atoms with Crippen LogP contribution in [-0.2, 0) is 64.7 Å². The van der Waals surface area contributed by atoms with Crippen LogP contribution < -0.4 is 16.0 Å². The summed E-state index contributed by atoms with van der Waals surface area (Å²) in [5, 5.41) is 9.19. The highest BCUT2D eigenvalue weighted by atomic mass is 16.5. The number of amides is 4. The minimum absolute atomic E-state index is 0.0450. The summed E-state index contributed by atoms with van der Waals surface area (Å²) < 4.78 is 15.9. The lowest BCUT2D eigenvalue weighted by Gasteiger charge is -2.43. The van der Waals surface area contributed by atoms with Crippen molar-refractivity contribution in [1.82, 2.24) is 20.1 Å². The fourth-order valence-electron chi connectivity index (χ4n) is 8.05. The second-order valence-electron chi connectivity index (χ2n) is 14.5. The molecule has 3 aromatic rings. The van der Waals surface area contributed by atoms with E-state index in [1.165, 1.54) is 0 Å². The number of aromatic nitrogens is 1. The number of rotatable bonds is 17. The highest BCUT2D eigenvalue weighted by Gasteiger charge is 2.51. The van der Waals surface area contributed by atoms with Crippen LogP contribution >= 0.6 is 0 Å². The SMILES string of the molecule is CCC1(C(=O)N(CC(=O)Nc2ccc3c(c2)C[C@@]2(C3)C(=O)Nc3ncccc32)Cc2ccccc2CNC)CCN(C(=O)COCCOCCOC)CC1. The number of hydrogen-bond donors (Lipinski definition) is 3. The lowest BCUT2D eigenvalue weighted by Crippen LogP contribution is -2.52. The summed E-state index contributed by atoms with van der Waals surface area (Å²) in [6, 6.07) is 17.5. The summed E-state index contributed by atoms with van der Waals surface area (Å²) in [5.74, 6) is 0.0371. The minimum Gasteiger partial charge on any atom is -0.382 e. The standard InChI is InChI=1S/C41H52N6O7/c1-4-40(13-16-46(17-14-40)36(49)28-54-21-20-53-19-18-52-3)39(51)47(26-31-9-6-5-8-30(31)25-42-2)27-35(48)44-33-12-11-29-23-41(24-32(29)22-33)34-10-7-15-43-37(34)45-38(41)50/h5-12,15,22,42H,4,13-14,16-21,23-28H2,1-3H3,(H,44,48)(H,43,45,50)/t41-/m1/s1. The molecule has 2 aromatic carbocycles. The number of carbonyl (C=O) groups excluding carboxylic acids is 4. The van der Waals surface area contributed by atoms with E-state index in [1.807, 2.05) is 68.6 Å². The van der Waals surface area contributed by atoms with E-state index in [4.69, 9.17) is 14.2 Å². The number of anilines is 2. The van der Waals surface area contributed by atoms with E-state index in [-0.39, 0.29) is 43.3 Å². The highest BCUT2D eigenvalue weighted by Crippen LogP contribution is 2.47. The van der Waals surface area contributed by atoms with Gasteiger partial charge in [-0.3, -0.25) is 19.2 Å². The van der Waals surface area contributed by atoms with Gasteiger partial charge in [0.15, 0.2) is 0 Å². The Kier molecular flexibility index (Phi) is 12.7. The van der Waals surface area contributed by atoms with Crippen LogP contribution in [0, 0.1) is 5.41 Å². The second kappa shape index (κ2) is 17.6. The molecule has 3 aliphatic rings. The zero-order valence-electron chi connectivity index (χ0n) is 31.6. The summed E-state index contributed by atoms with van der Waals surface area (Å²) in [5.41, 5.74) is 4.16. The number of pyridine rings is 1. The zero-order chi connectivity index (χ0) is 38.1. The van der Waals surface area contributed by atoms with Crippen LogP contribution in [0.3, 0.4) is 0 Å². The maximum Gasteiger partial charge on any atom is 0.248 e. The number of nitrogens with zero attached hydrogens (tertiary/aromatic N) is 3. The molecule has 3 heterocycles. The molecule has 1 spiro atoms. The number of fused-ring (bicyclic) bond motifs is 3. The second-order valence-corrected chi connectivity index (χ2v) is 14.5. The van der Waals surface area contributed by atoms with Crippen LogP contribution in [0.25, 0.3) is 0 Å². The maximum atomic E-state index is 14.7. The third-order valence-electron chi connectivity index (χ3n) is 11.2. The summed E-state index contributed by atoms with van der Waals surface area (Å²) >= 11 is 0. The van der Waals surface area contributed by atoms with Crippen molar-refractivity contribution in [1.29, 1.82) is 0 Å². The molecule has 0 radical (unpaired) electrons. The normalized spacial score (nSPS) is 18.3. The van der Waals surface area contributed by atoms with Crippen molar-refractivity contribution >= 4 is 35.1 Å². The molecule has 1 saturated heterocycles. The van der Waals surface area contributed by atoms with Gasteiger partial charge in [-0.2, -0.15) is 0 Å². The van der Waals surface area contributed by atoms with Crippen molar-refractivity contribution in [2.24, 2.45) is 5.41 Å². The van der Waals surface area contributed by atoms with Crippen LogP contribution in [0.5, 0.6) is 0 Å². The fourth-order valence-corrected chi connectivity index (χ4v) is 8.05. The summed E-state index contributed by atoms with van der Waals surface area (Å²) in [7, 11) is 3.49. The third kappa shape index (κ3) is 8.49. The monoisotopic (exact) mass is 740 g/mol. The molecule has 6 rings (SSSR count). The molecular weight excluding hydrogens is 688 g/mol. The molecule has 1 aromatic heterocycles. The first kappa shape index (κ1) is 39.0. The fraction of sp³-hybridized carbons (Fsp3) is 0.488. The van der Waals surface area contributed by atoms with E-state index < -0.39 is 10.8 Å². The molecule has 4 amide bonds. The average Bonchev–Trinajstić information content (AvgIpc) is 3.70. The third-order valence-corrected chi connectivity index (χ3v) is 11.2. The molecule has 3 N–H and O–H groups in total. The number of methoxy groups -OCH3 is 1. The number of piperidine rings is 1. The van der Waals surface area contributed by atoms with Gasteiger partial charge in [0.05, 0.1) is 37.3 Å². The van der Waals surface area contributed by atoms with E-state index in [0.29, 0.717) is 89.7 Å². The van der Waals surface area contributed by atoms with E-state index in [9.17, 15) is 19.2 Å². The quantitative estimate of drug-likeness (QED) is 0.177. The van der Waals surface area contributed by atoms with Gasteiger partial charge in [-0.05, 0) is 79.6 Å². The van der Waals surface area contributed by atoms with Gasteiger partial charge in [-0.25, -0.2) is 4.98 Å². The molecule has 54 heavy (non-hydrogen) atoms. The van der Waals surface area contributed by atoms with Crippen LogP contribution in [0.2, 0.25) is 0 Å². The predicted molar refractivity (Wildman–Crippen MR) is 204 cm³/mol. The minimum atomic E-state index is -0.722. The Morgan fingerprint density at radius 3 is 2.44 bits per heavy atom. The molecule has 288 valence electrons. The number of nitrogens with one attached hydrogen (secondary N) is 3. The van der Waals surface area contributed by atoms with Gasteiger partial charge in [-0.1, -0.05) is 43.3 Å². The molecule has 0 unspecified atom stereocenters. The number of ether oxygens (including phenoxy) is 3. The number of hydrogen-bond acceptors (Lipinski definition) is 9. The van der Waals surface area contributed by atoms with E-state index in [0.717, 1.165) is 27.8 Å². The lowest BCUT2D eigenvalue weighted by atomic mass is 9.74. The highest BCUT2D eigenvalue weighted by molar-refractivity contribution is 6.06. The first-order valence-electron chi connectivity index (χ1n) is 18.8. The van der Waals surface area contributed by atoms with Gasteiger partial charge in [0.2, 0.25) is 23.6 Å². The molecule has 2 aliphatic heterocycles. The Balaban J connectivity index is 1.13. The van der Waals surface area contributed by atoms with Crippen molar-refractivity contribution < 1.29 is 33.4 Å². The topological polar surface area (TPSA) is 151 Å². The van der Waals surface area contributed by atoms with Crippen molar-refractivity contribution in [3.05, 3.63) is 88.6 Å². The predicted octanol–water partition coefficient (Wildman–Crippen LogP) is 3.46. The summed E-state index contributed by atoms with van der Waals surface area (Å²) in [4.78, 5) is 62.5. The number of carbonyl (C=O) groups is 4. The smallest absolute Gasteiger partial charge is 0.248 e. The van der Waals surface area contributed by atoms with Crippen LogP contribution in [0.1, 0.15) is 54.0 Å². The van der Waals surface area contributed by atoms with Crippen LogP contribution in [0.4, 0.5) is 11.5 Å². The van der Waals surface area contributed by atoms with Crippen molar-refractivity contribution in [2.45, 2.75) is 57.5 Å². The van der Waals surface area contributed by atoms with Crippen LogP contribution in [-0.4, -0.2) is 105 Å².